The first-order chi connectivity index (χ1) is 17.0. The number of nitrogens with zero attached hydrogens (tertiary/aromatic N) is 3. The van der Waals surface area contributed by atoms with Gasteiger partial charge in [0.05, 0.1) is 27.7 Å². The normalized spacial score (nSPS) is 19.7. The molecule has 2 aliphatic rings. The number of aliphatic imine (C=N–C) groups is 1. The van der Waals surface area contributed by atoms with Crippen LogP contribution in [0.15, 0.2) is 29.2 Å². The number of amides is 1. The van der Waals surface area contributed by atoms with Gasteiger partial charge in [-0.15, -0.1) is 0 Å². The fourth-order valence-electron chi connectivity index (χ4n) is 4.85. The van der Waals surface area contributed by atoms with Crippen molar-refractivity contribution < 1.29 is 22.8 Å². The van der Waals surface area contributed by atoms with Crippen LogP contribution in [0.25, 0.3) is 0 Å². The van der Waals surface area contributed by atoms with E-state index in [2.05, 4.69) is 9.98 Å². The van der Waals surface area contributed by atoms with Gasteiger partial charge in [0, 0.05) is 24.6 Å². The Morgan fingerprint density at radius 3 is 2.17 bits per heavy atom. The molecule has 0 aromatic carbocycles. The zero-order chi connectivity index (χ0) is 26.5. The van der Waals surface area contributed by atoms with Crippen molar-refractivity contribution in [1.82, 2.24) is 9.88 Å². The van der Waals surface area contributed by atoms with Crippen molar-refractivity contribution in [3.05, 3.63) is 39.8 Å². The van der Waals surface area contributed by atoms with Crippen molar-refractivity contribution in [2.24, 2.45) is 16.5 Å². The van der Waals surface area contributed by atoms with E-state index in [9.17, 15) is 22.8 Å². The average molecular weight is 548 g/mol. The summed E-state index contributed by atoms with van der Waals surface area (Å²) in [7, 11) is 0. The van der Waals surface area contributed by atoms with Crippen LogP contribution in [0.1, 0.15) is 74.6 Å². The van der Waals surface area contributed by atoms with Crippen LogP contribution >= 0.6 is 23.2 Å². The van der Waals surface area contributed by atoms with E-state index in [0.717, 1.165) is 30.6 Å². The molecule has 0 saturated heterocycles. The minimum atomic E-state index is -4.98. The molecule has 0 bridgehead atoms. The quantitative estimate of drug-likeness (QED) is 0.276. The summed E-state index contributed by atoms with van der Waals surface area (Å²) < 4.78 is 42.7. The van der Waals surface area contributed by atoms with Gasteiger partial charge in [-0.1, -0.05) is 48.9 Å². The molecule has 1 heterocycles. The van der Waals surface area contributed by atoms with Crippen molar-refractivity contribution in [1.29, 1.82) is 0 Å². The molecule has 36 heavy (non-hydrogen) atoms. The maximum absolute atomic E-state index is 14.2. The fraction of sp³-hybridized carbons (Fsp3) is 0.583. The fourth-order valence-corrected chi connectivity index (χ4v) is 5.43. The molecule has 4 N–H and O–H groups in total. The summed E-state index contributed by atoms with van der Waals surface area (Å²) in [4.78, 5) is 35.7. The van der Waals surface area contributed by atoms with Crippen LogP contribution in [0.3, 0.4) is 0 Å². The van der Waals surface area contributed by atoms with E-state index in [1.54, 1.807) is 0 Å². The Bertz CT molecular complexity index is 1010. The Morgan fingerprint density at radius 1 is 1.08 bits per heavy atom. The van der Waals surface area contributed by atoms with Crippen LogP contribution in [-0.2, 0) is 4.79 Å². The van der Waals surface area contributed by atoms with Crippen LogP contribution in [0.4, 0.5) is 13.2 Å². The Balaban J connectivity index is 2.00. The van der Waals surface area contributed by atoms with E-state index in [1.165, 1.54) is 12.4 Å². The molecular weight excluding hydrogens is 518 g/mol. The van der Waals surface area contributed by atoms with Gasteiger partial charge >= 0.3 is 6.18 Å². The monoisotopic (exact) mass is 547 g/mol. The van der Waals surface area contributed by atoms with Gasteiger partial charge in [-0.25, -0.2) is 0 Å². The number of rotatable bonds is 7. The molecule has 0 atom stereocenters. The Kier molecular flexibility index (Phi) is 9.40. The number of halogens is 5. The van der Waals surface area contributed by atoms with Crippen molar-refractivity contribution in [3.8, 4) is 0 Å². The van der Waals surface area contributed by atoms with Gasteiger partial charge in [0.15, 0.2) is 11.5 Å². The molecular formula is C24H30Cl2F3N5O2. The lowest BCUT2D eigenvalue weighted by Gasteiger charge is -2.35. The smallest absolute Gasteiger partial charge is 0.404 e. The van der Waals surface area contributed by atoms with E-state index in [1.807, 2.05) is 0 Å². The Hall–Kier alpha value is -2.17. The van der Waals surface area contributed by atoms with Crippen LogP contribution in [0.2, 0.25) is 10.0 Å². The van der Waals surface area contributed by atoms with Crippen LogP contribution in [0.5, 0.6) is 0 Å². The molecule has 1 aromatic rings. The molecule has 1 amide bonds. The van der Waals surface area contributed by atoms with E-state index < -0.39 is 47.4 Å². The molecule has 0 spiro atoms. The summed E-state index contributed by atoms with van der Waals surface area (Å²) in [5, 5.41) is -0.0314. The highest BCUT2D eigenvalue weighted by Crippen LogP contribution is 2.33. The molecule has 0 unspecified atom stereocenters. The van der Waals surface area contributed by atoms with Gasteiger partial charge < -0.3 is 16.4 Å². The first-order valence-corrected chi connectivity index (χ1v) is 12.7. The number of ketones is 1. The zero-order valence-corrected chi connectivity index (χ0v) is 21.3. The SMILES string of the molecule is NC=C(C(=O)N(CC(=O)c1c(Cl)cncc1Cl)C1CCCCC1)C(=NC1(N)CCCCC1)C(F)(F)F. The number of carbonyl (C=O) groups is 2. The molecule has 0 aliphatic heterocycles. The van der Waals surface area contributed by atoms with Gasteiger partial charge in [-0.3, -0.25) is 19.6 Å². The molecule has 198 valence electrons. The van der Waals surface area contributed by atoms with Crippen LogP contribution in [0, 0.1) is 0 Å². The molecule has 0 radical (unpaired) electrons. The van der Waals surface area contributed by atoms with E-state index in [0.29, 0.717) is 31.9 Å². The molecule has 2 aliphatic carbocycles. The number of Topliss-reactive ketones (excluding diaryl/α,β-unsaturated/α-hetero) is 1. The molecule has 12 heteroatoms. The molecule has 3 rings (SSSR count). The minimum Gasteiger partial charge on any atom is -0.404 e. The molecule has 2 saturated carbocycles. The number of carbonyl (C=O) groups excluding carboxylic acids is 2. The standard InChI is InChI=1S/C24H30Cl2F3N5O2/c25-17-12-32-13-18(26)20(17)19(35)14-34(15-7-3-1-4-8-15)22(36)16(11-30)21(24(27,28)29)33-23(31)9-5-2-6-10-23/h11-13,15H,1-10,14,30-31H2. The number of pyridine rings is 1. The second kappa shape index (κ2) is 11.9. The predicted octanol–water partition coefficient (Wildman–Crippen LogP) is 5.20. The number of hydrogen-bond acceptors (Lipinski definition) is 6. The third-order valence-electron chi connectivity index (χ3n) is 6.70. The highest BCUT2D eigenvalue weighted by molar-refractivity contribution is 6.39. The molecule has 2 fully saturated rings. The molecule has 1 aromatic heterocycles. The second-order valence-corrected chi connectivity index (χ2v) is 10.1. The second-order valence-electron chi connectivity index (χ2n) is 9.33. The highest BCUT2D eigenvalue weighted by Gasteiger charge is 2.45. The predicted molar refractivity (Wildman–Crippen MR) is 133 cm³/mol. The number of aromatic nitrogens is 1. The summed E-state index contributed by atoms with van der Waals surface area (Å²) in [6.45, 7) is -0.525. The van der Waals surface area contributed by atoms with Gasteiger partial charge in [0.2, 0.25) is 0 Å². The highest BCUT2D eigenvalue weighted by atomic mass is 35.5. The minimum absolute atomic E-state index is 0.0157. The Morgan fingerprint density at radius 2 is 1.64 bits per heavy atom. The summed E-state index contributed by atoms with van der Waals surface area (Å²) in [6, 6.07) is -0.458. The van der Waals surface area contributed by atoms with Crippen molar-refractivity contribution in [2.45, 2.75) is 82.1 Å². The number of alkyl halides is 3. The van der Waals surface area contributed by atoms with Crippen molar-refractivity contribution in [2.75, 3.05) is 6.54 Å². The first-order valence-electron chi connectivity index (χ1n) is 12.0. The van der Waals surface area contributed by atoms with E-state index >= 15 is 0 Å². The van der Waals surface area contributed by atoms with Crippen molar-refractivity contribution in [3.63, 3.8) is 0 Å². The molecule has 7 nitrogen and oxygen atoms in total. The Labute approximate surface area is 218 Å². The average Bonchev–Trinajstić information content (AvgIpc) is 2.82. The number of nitrogens with two attached hydrogens (primary N) is 2. The third kappa shape index (κ3) is 6.77. The lowest BCUT2D eigenvalue weighted by molar-refractivity contribution is -0.129. The topological polar surface area (TPSA) is 115 Å². The van der Waals surface area contributed by atoms with Gasteiger partial charge in [0.1, 0.15) is 5.66 Å². The summed E-state index contributed by atoms with van der Waals surface area (Å²) in [5.74, 6) is -1.65. The third-order valence-corrected chi connectivity index (χ3v) is 7.27. The van der Waals surface area contributed by atoms with Gasteiger partial charge in [-0.2, -0.15) is 13.2 Å². The van der Waals surface area contributed by atoms with Crippen molar-refractivity contribution >= 4 is 40.6 Å². The lowest BCUT2D eigenvalue weighted by Crippen LogP contribution is -2.49. The van der Waals surface area contributed by atoms with E-state index in [4.69, 9.17) is 34.7 Å². The maximum Gasteiger partial charge on any atom is 0.433 e. The first kappa shape index (κ1) is 28.4. The van der Waals surface area contributed by atoms with Crippen LogP contribution < -0.4 is 11.5 Å². The maximum atomic E-state index is 14.2. The largest absolute Gasteiger partial charge is 0.433 e. The van der Waals surface area contributed by atoms with Crippen LogP contribution in [-0.4, -0.2) is 51.7 Å². The lowest BCUT2D eigenvalue weighted by atomic mass is 9.89. The zero-order valence-electron chi connectivity index (χ0n) is 19.8. The van der Waals surface area contributed by atoms with Gasteiger partial charge in [0.25, 0.3) is 5.91 Å². The summed E-state index contributed by atoms with van der Waals surface area (Å²) in [6.07, 6.45) is 4.29. The summed E-state index contributed by atoms with van der Waals surface area (Å²) >= 11 is 12.2. The van der Waals surface area contributed by atoms with E-state index in [-0.39, 0.29) is 28.5 Å². The van der Waals surface area contributed by atoms with Gasteiger partial charge in [-0.05, 0) is 38.5 Å². The number of hydrogen-bond donors (Lipinski definition) is 2. The summed E-state index contributed by atoms with van der Waals surface area (Å²) in [5.41, 5.74) is 8.05.